The predicted octanol–water partition coefficient (Wildman–Crippen LogP) is 9.84. The molecule has 1 unspecified atom stereocenters. The van der Waals surface area contributed by atoms with Gasteiger partial charge in [-0.15, -0.1) is 11.8 Å². The molecular weight excluding hydrogens is 599 g/mol. The van der Waals surface area contributed by atoms with Crippen LogP contribution < -0.4 is 14.4 Å². The molecule has 5 aromatic rings. The van der Waals surface area contributed by atoms with Crippen LogP contribution in [0, 0.1) is 0 Å². The zero-order chi connectivity index (χ0) is 32.2. The lowest BCUT2D eigenvalue weighted by Crippen LogP contribution is -2.37. The van der Waals surface area contributed by atoms with Crippen molar-refractivity contribution >= 4 is 34.3 Å². The van der Waals surface area contributed by atoms with Gasteiger partial charge in [-0.1, -0.05) is 74.5 Å². The lowest BCUT2D eigenvalue weighted by molar-refractivity contribution is 0.122. The van der Waals surface area contributed by atoms with Crippen molar-refractivity contribution in [1.82, 2.24) is 0 Å². The number of rotatable bonds is 7. The van der Waals surface area contributed by atoms with Gasteiger partial charge in [0.1, 0.15) is 11.5 Å². The molecule has 0 amide bonds. The lowest BCUT2D eigenvalue weighted by Gasteiger charge is -2.39. The molecule has 0 N–H and O–H groups in total. The number of morpholine rings is 1. The van der Waals surface area contributed by atoms with Crippen LogP contribution in [0.15, 0.2) is 102 Å². The van der Waals surface area contributed by atoms with Gasteiger partial charge in [0, 0.05) is 51.2 Å². The second kappa shape index (κ2) is 11.8. The molecule has 1 aliphatic carbocycles. The molecule has 1 atom stereocenters. The zero-order valence-corrected chi connectivity index (χ0v) is 28.5. The largest absolute Gasteiger partial charge is 0.497 e. The topological polar surface area (TPSA) is 30.9 Å². The van der Waals surface area contributed by atoms with Gasteiger partial charge >= 0.3 is 0 Å². The molecule has 0 saturated carbocycles. The van der Waals surface area contributed by atoms with Crippen LogP contribution in [0.25, 0.3) is 28.0 Å². The summed E-state index contributed by atoms with van der Waals surface area (Å²) in [6.45, 7) is 8.01. The molecule has 5 aromatic carbocycles. The molecule has 0 spiro atoms. The van der Waals surface area contributed by atoms with E-state index in [9.17, 15) is 0 Å². The summed E-state index contributed by atoms with van der Waals surface area (Å²) in [5.41, 5.74) is 9.23. The van der Waals surface area contributed by atoms with Crippen LogP contribution in [0.3, 0.4) is 0 Å². The normalized spacial score (nSPS) is 19.2. The van der Waals surface area contributed by atoms with Gasteiger partial charge in [0.15, 0.2) is 5.60 Å². The molecule has 1 fully saturated rings. The fourth-order valence-electron chi connectivity index (χ4n) is 8.32. The van der Waals surface area contributed by atoms with Gasteiger partial charge in [-0.3, -0.25) is 0 Å². The number of methoxy groups -OCH3 is 1. The van der Waals surface area contributed by atoms with E-state index in [0.29, 0.717) is 0 Å². The Labute approximate surface area is 282 Å². The minimum absolute atomic E-state index is 0.0873. The van der Waals surface area contributed by atoms with Gasteiger partial charge in [-0.2, -0.15) is 0 Å². The van der Waals surface area contributed by atoms with Gasteiger partial charge in [-0.25, -0.2) is 0 Å². The van der Waals surface area contributed by atoms with Crippen molar-refractivity contribution in [1.29, 1.82) is 0 Å². The first-order valence-electron chi connectivity index (χ1n) is 16.8. The maximum absolute atomic E-state index is 7.60. The zero-order valence-electron chi connectivity index (χ0n) is 27.6. The second-order valence-electron chi connectivity index (χ2n) is 12.8. The van der Waals surface area contributed by atoms with Gasteiger partial charge in [0.05, 0.1) is 20.3 Å². The molecule has 0 bridgehead atoms. The van der Waals surface area contributed by atoms with Crippen molar-refractivity contribution in [3.63, 3.8) is 0 Å². The minimum atomic E-state index is -0.827. The van der Waals surface area contributed by atoms with Crippen LogP contribution in [0.1, 0.15) is 54.5 Å². The highest BCUT2D eigenvalue weighted by Crippen LogP contribution is 2.60. The number of ether oxygens (including phenoxy) is 3. The average molecular weight is 640 g/mol. The molecule has 238 valence electrons. The first-order valence-corrected chi connectivity index (χ1v) is 18.0. The smallest absolute Gasteiger partial charge is 0.178 e. The Kier molecular flexibility index (Phi) is 7.57. The minimum Gasteiger partial charge on any atom is -0.497 e. The lowest BCUT2D eigenvalue weighted by atomic mass is 9.71. The molecule has 47 heavy (non-hydrogen) atoms. The van der Waals surface area contributed by atoms with Crippen molar-refractivity contribution < 1.29 is 14.2 Å². The third-order valence-corrected chi connectivity index (χ3v) is 11.6. The average Bonchev–Trinajstić information content (AvgIpc) is 3.45. The van der Waals surface area contributed by atoms with Crippen molar-refractivity contribution in [2.45, 2.75) is 42.6 Å². The number of fused-ring (bicyclic) bond motifs is 8. The van der Waals surface area contributed by atoms with Crippen molar-refractivity contribution in [2.24, 2.45) is 0 Å². The van der Waals surface area contributed by atoms with Crippen molar-refractivity contribution in [3.8, 4) is 22.6 Å². The Morgan fingerprint density at radius 3 is 2.21 bits per heavy atom. The van der Waals surface area contributed by atoms with Crippen LogP contribution in [0.2, 0.25) is 0 Å². The Balaban J connectivity index is 1.39. The van der Waals surface area contributed by atoms with E-state index in [4.69, 9.17) is 14.2 Å². The third-order valence-electron chi connectivity index (χ3n) is 10.8. The molecule has 3 aliphatic rings. The number of nitrogens with zero attached hydrogens (tertiary/aromatic N) is 1. The maximum atomic E-state index is 7.60. The van der Waals surface area contributed by atoms with E-state index in [1.807, 2.05) is 12.1 Å². The van der Waals surface area contributed by atoms with Gasteiger partial charge in [0.25, 0.3) is 0 Å². The van der Waals surface area contributed by atoms with Crippen LogP contribution in [-0.4, -0.2) is 39.7 Å². The molecule has 5 heteroatoms. The fraction of sp³-hybridized carbons (Fsp3) is 0.286. The Bertz CT molecular complexity index is 1990. The van der Waals surface area contributed by atoms with Crippen LogP contribution in [-0.2, 0) is 15.8 Å². The van der Waals surface area contributed by atoms with Gasteiger partial charge in [0.2, 0.25) is 0 Å². The summed E-state index contributed by atoms with van der Waals surface area (Å²) in [4.78, 5) is 3.62. The highest BCUT2D eigenvalue weighted by molar-refractivity contribution is 7.98. The molecule has 4 nitrogen and oxygen atoms in total. The Hall–Kier alpha value is -4.19. The summed E-state index contributed by atoms with van der Waals surface area (Å²) >= 11 is 1.77. The summed E-state index contributed by atoms with van der Waals surface area (Å²) in [5.74, 6) is 1.79. The second-order valence-corrected chi connectivity index (χ2v) is 13.7. The molecule has 8 rings (SSSR count). The Morgan fingerprint density at radius 1 is 0.830 bits per heavy atom. The summed E-state index contributed by atoms with van der Waals surface area (Å²) in [6, 6.07) is 33.3. The molecule has 2 heterocycles. The number of hydrogen-bond donors (Lipinski definition) is 0. The van der Waals surface area contributed by atoms with E-state index in [1.165, 1.54) is 43.8 Å². The standard InChI is InChI=1S/C42H41NO3S/c1-5-41(6-2)37-10-8-7-9-34(37)38-33-20-19-32(47-4)27-36(33)40-35(39(38)41)21-22-42(46-40,29-13-17-31(44-3)18-14-29)28-11-15-30(16-12-28)43-23-25-45-26-24-43/h7-22,27H,5-6,23-26H2,1-4H3. The third kappa shape index (κ3) is 4.54. The van der Waals surface area contributed by atoms with Crippen LogP contribution >= 0.6 is 11.8 Å². The molecule has 0 aromatic heterocycles. The fourth-order valence-corrected chi connectivity index (χ4v) is 8.76. The summed E-state index contributed by atoms with van der Waals surface area (Å²) in [6.07, 6.45) is 8.86. The molecule has 2 aliphatic heterocycles. The van der Waals surface area contributed by atoms with E-state index >= 15 is 0 Å². The van der Waals surface area contributed by atoms with Crippen LogP contribution in [0.4, 0.5) is 5.69 Å². The summed E-state index contributed by atoms with van der Waals surface area (Å²) < 4.78 is 18.8. The van der Waals surface area contributed by atoms with Gasteiger partial charge < -0.3 is 19.1 Å². The summed E-state index contributed by atoms with van der Waals surface area (Å²) in [5, 5.41) is 2.42. The number of benzene rings is 5. The first kappa shape index (κ1) is 30.2. The number of anilines is 1. The van der Waals surface area contributed by atoms with E-state index < -0.39 is 5.60 Å². The SMILES string of the molecule is CCC1(CC)c2ccccc2-c2c1c1c(c3cc(SC)ccc23)OC(c2ccc(OC)cc2)(c2ccc(N3CCOCC3)cc2)C=C1. The predicted molar refractivity (Wildman–Crippen MR) is 195 cm³/mol. The van der Waals surface area contributed by atoms with Crippen LogP contribution in [0.5, 0.6) is 11.5 Å². The monoisotopic (exact) mass is 639 g/mol. The highest BCUT2D eigenvalue weighted by Gasteiger charge is 2.46. The summed E-state index contributed by atoms with van der Waals surface area (Å²) in [7, 11) is 1.71. The molecule has 1 saturated heterocycles. The Morgan fingerprint density at radius 2 is 1.53 bits per heavy atom. The number of thioether (sulfide) groups is 1. The quantitative estimate of drug-likeness (QED) is 0.166. The van der Waals surface area contributed by atoms with E-state index in [1.54, 1.807) is 18.9 Å². The molecule has 0 radical (unpaired) electrons. The van der Waals surface area contributed by atoms with E-state index in [-0.39, 0.29) is 5.41 Å². The van der Waals surface area contributed by atoms with E-state index in [0.717, 1.165) is 67.2 Å². The van der Waals surface area contributed by atoms with Crippen molar-refractivity contribution in [3.05, 3.63) is 125 Å². The highest BCUT2D eigenvalue weighted by atomic mass is 32.2. The van der Waals surface area contributed by atoms with Crippen molar-refractivity contribution in [2.75, 3.05) is 44.6 Å². The number of hydrogen-bond acceptors (Lipinski definition) is 5. The first-order chi connectivity index (χ1) is 23.1. The maximum Gasteiger partial charge on any atom is 0.178 e. The van der Waals surface area contributed by atoms with Gasteiger partial charge in [-0.05, 0) is 89.2 Å². The van der Waals surface area contributed by atoms with E-state index in [2.05, 4.69) is 116 Å². The molecular formula is C42H41NO3S.